The van der Waals surface area contributed by atoms with Gasteiger partial charge >= 0.3 is 5.97 Å². The third-order valence-corrected chi connectivity index (χ3v) is 1.08. The van der Waals surface area contributed by atoms with Crippen LogP contribution in [0.2, 0.25) is 0 Å². The van der Waals surface area contributed by atoms with E-state index in [2.05, 4.69) is 4.74 Å². The number of hydrogen-bond acceptors (Lipinski definition) is 4. The summed E-state index contributed by atoms with van der Waals surface area (Å²) in [5.74, 6) is -0.481. The molecule has 54 valence electrons. The standard InChI is InChI=1S/C5H12N2O2/c1-5(7,3-6)4(8)9-2/h3,6-7H2,1-2H3/t5-/m1/s1. The summed E-state index contributed by atoms with van der Waals surface area (Å²) in [7, 11) is 1.28. The molecule has 0 aromatic carbocycles. The van der Waals surface area contributed by atoms with Gasteiger partial charge in [0.1, 0.15) is 5.54 Å². The molecule has 4 nitrogen and oxygen atoms in total. The summed E-state index contributed by atoms with van der Waals surface area (Å²) in [4.78, 5) is 10.6. The van der Waals surface area contributed by atoms with Gasteiger partial charge in [0.15, 0.2) is 0 Å². The molecule has 9 heavy (non-hydrogen) atoms. The van der Waals surface area contributed by atoms with Gasteiger partial charge in [0.2, 0.25) is 0 Å². The summed E-state index contributed by atoms with van der Waals surface area (Å²) in [6.45, 7) is 1.62. The first-order valence-electron chi connectivity index (χ1n) is 2.62. The molecule has 4 heteroatoms. The number of carbonyl (C=O) groups excluding carboxylic acids is 1. The zero-order valence-corrected chi connectivity index (χ0v) is 5.68. The van der Waals surface area contributed by atoms with Gasteiger partial charge in [-0.3, -0.25) is 4.79 Å². The Hall–Kier alpha value is -0.610. The van der Waals surface area contributed by atoms with Crippen LogP contribution in [0.25, 0.3) is 0 Å². The molecule has 0 aliphatic heterocycles. The Kier molecular flexibility index (Phi) is 2.61. The molecule has 0 aromatic rings. The molecule has 0 saturated heterocycles. The molecule has 0 aliphatic rings. The minimum absolute atomic E-state index is 0.0969. The fourth-order valence-corrected chi connectivity index (χ4v) is 0.316. The topological polar surface area (TPSA) is 78.3 Å². The van der Waals surface area contributed by atoms with Gasteiger partial charge in [-0.15, -0.1) is 0 Å². The number of carbonyl (C=O) groups is 1. The highest BCUT2D eigenvalue weighted by molar-refractivity contribution is 5.80. The molecular formula is C5H12N2O2. The van der Waals surface area contributed by atoms with Crippen molar-refractivity contribution in [3.8, 4) is 0 Å². The molecule has 0 radical (unpaired) electrons. The average molecular weight is 132 g/mol. The maximum Gasteiger partial charge on any atom is 0.326 e. The quantitative estimate of drug-likeness (QED) is 0.464. The molecule has 0 aliphatic carbocycles. The predicted octanol–water partition coefficient (Wildman–Crippen LogP) is -1.16. The Bertz CT molecular complexity index is 112. The summed E-state index contributed by atoms with van der Waals surface area (Å²) in [5, 5.41) is 0. The molecule has 0 aromatic heterocycles. The van der Waals surface area contributed by atoms with E-state index in [1.807, 2.05) is 0 Å². The van der Waals surface area contributed by atoms with Gasteiger partial charge in [0.25, 0.3) is 0 Å². The lowest BCUT2D eigenvalue weighted by Gasteiger charge is -2.17. The number of methoxy groups -OCH3 is 1. The SMILES string of the molecule is COC(=O)[C@](C)(N)CN. The van der Waals surface area contributed by atoms with Crippen molar-refractivity contribution in [3.05, 3.63) is 0 Å². The average Bonchev–Trinajstić information content (AvgIpc) is 1.86. The Labute approximate surface area is 54.2 Å². The molecule has 1 atom stereocenters. The summed E-state index contributed by atoms with van der Waals surface area (Å²) in [5.41, 5.74) is 9.49. The highest BCUT2D eigenvalue weighted by Gasteiger charge is 2.26. The van der Waals surface area contributed by atoms with Gasteiger partial charge in [-0.25, -0.2) is 0 Å². The zero-order valence-electron chi connectivity index (χ0n) is 5.68. The van der Waals surface area contributed by atoms with Gasteiger partial charge in [-0.2, -0.15) is 0 Å². The van der Waals surface area contributed by atoms with E-state index in [0.717, 1.165) is 0 Å². The van der Waals surface area contributed by atoms with Crippen LogP contribution in [-0.2, 0) is 9.53 Å². The number of rotatable bonds is 2. The van der Waals surface area contributed by atoms with Gasteiger partial charge in [-0.1, -0.05) is 0 Å². The Balaban J connectivity index is 3.97. The number of esters is 1. The minimum Gasteiger partial charge on any atom is -0.468 e. The van der Waals surface area contributed by atoms with E-state index in [1.54, 1.807) is 0 Å². The van der Waals surface area contributed by atoms with E-state index in [9.17, 15) is 4.79 Å². The van der Waals surface area contributed by atoms with E-state index in [0.29, 0.717) is 0 Å². The molecule has 0 unspecified atom stereocenters. The van der Waals surface area contributed by atoms with Crippen LogP contribution in [0.4, 0.5) is 0 Å². The zero-order chi connectivity index (χ0) is 7.49. The summed E-state index contributed by atoms with van der Waals surface area (Å²) in [6, 6.07) is 0. The fourth-order valence-electron chi connectivity index (χ4n) is 0.316. The van der Waals surface area contributed by atoms with Crippen LogP contribution in [0.5, 0.6) is 0 Å². The molecule has 4 N–H and O–H groups in total. The van der Waals surface area contributed by atoms with Crippen LogP contribution in [0.3, 0.4) is 0 Å². The van der Waals surface area contributed by atoms with Crippen molar-refractivity contribution >= 4 is 5.97 Å². The van der Waals surface area contributed by atoms with Gasteiger partial charge < -0.3 is 16.2 Å². The number of nitrogens with two attached hydrogens (primary N) is 2. The van der Waals surface area contributed by atoms with E-state index in [-0.39, 0.29) is 6.54 Å². The summed E-state index contributed by atoms with van der Waals surface area (Å²) < 4.78 is 4.36. The van der Waals surface area contributed by atoms with Crippen molar-refractivity contribution in [1.29, 1.82) is 0 Å². The summed E-state index contributed by atoms with van der Waals surface area (Å²) in [6.07, 6.45) is 0. The molecule has 0 saturated carbocycles. The van der Waals surface area contributed by atoms with Crippen LogP contribution in [0.15, 0.2) is 0 Å². The van der Waals surface area contributed by atoms with E-state index in [1.165, 1.54) is 14.0 Å². The lowest BCUT2D eigenvalue weighted by Crippen LogP contribution is -2.51. The van der Waals surface area contributed by atoms with Crippen molar-refractivity contribution in [2.45, 2.75) is 12.5 Å². The third kappa shape index (κ3) is 1.99. The fraction of sp³-hybridized carbons (Fsp3) is 0.800. The van der Waals surface area contributed by atoms with E-state index < -0.39 is 11.5 Å². The predicted molar refractivity (Wildman–Crippen MR) is 33.7 cm³/mol. The van der Waals surface area contributed by atoms with Crippen molar-refractivity contribution in [2.24, 2.45) is 11.5 Å². The lowest BCUT2D eigenvalue weighted by molar-refractivity contribution is -0.145. The van der Waals surface area contributed by atoms with Crippen LogP contribution >= 0.6 is 0 Å². The Morgan fingerprint density at radius 1 is 1.78 bits per heavy atom. The monoisotopic (exact) mass is 132 g/mol. The molecular weight excluding hydrogens is 120 g/mol. The Morgan fingerprint density at radius 2 is 2.22 bits per heavy atom. The first kappa shape index (κ1) is 8.39. The molecule has 0 bridgehead atoms. The summed E-state index contributed by atoms with van der Waals surface area (Å²) >= 11 is 0. The highest BCUT2D eigenvalue weighted by Crippen LogP contribution is 1.96. The highest BCUT2D eigenvalue weighted by atomic mass is 16.5. The third-order valence-electron chi connectivity index (χ3n) is 1.08. The molecule has 0 fully saturated rings. The molecule has 0 spiro atoms. The normalized spacial score (nSPS) is 16.4. The van der Waals surface area contributed by atoms with Crippen molar-refractivity contribution in [3.63, 3.8) is 0 Å². The van der Waals surface area contributed by atoms with Gasteiger partial charge in [-0.05, 0) is 6.92 Å². The minimum atomic E-state index is -1.03. The van der Waals surface area contributed by atoms with E-state index in [4.69, 9.17) is 11.5 Å². The second-order valence-electron chi connectivity index (χ2n) is 2.11. The maximum atomic E-state index is 10.6. The second kappa shape index (κ2) is 2.80. The number of hydrogen-bond donors (Lipinski definition) is 2. The van der Waals surface area contributed by atoms with Crippen molar-refractivity contribution in [2.75, 3.05) is 13.7 Å². The van der Waals surface area contributed by atoms with Gasteiger partial charge in [0.05, 0.1) is 7.11 Å². The van der Waals surface area contributed by atoms with Crippen molar-refractivity contribution in [1.82, 2.24) is 0 Å². The first-order chi connectivity index (χ1) is 4.04. The maximum absolute atomic E-state index is 10.6. The Morgan fingerprint density at radius 3 is 2.33 bits per heavy atom. The van der Waals surface area contributed by atoms with Crippen LogP contribution in [-0.4, -0.2) is 25.2 Å². The molecule has 0 heterocycles. The van der Waals surface area contributed by atoms with E-state index >= 15 is 0 Å². The van der Waals surface area contributed by atoms with Gasteiger partial charge in [0, 0.05) is 6.54 Å². The smallest absolute Gasteiger partial charge is 0.326 e. The van der Waals surface area contributed by atoms with Crippen LogP contribution in [0, 0.1) is 0 Å². The second-order valence-corrected chi connectivity index (χ2v) is 2.11. The van der Waals surface area contributed by atoms with Crippen molar-refractivity contribution < 1.29 is 9.53 Å². The lowest BCUT2D eigenvalue weighted by atomic mass is 10.1. The van der Waals surface area contributed by atoms with Crippen LogP contribution in [0.1, 0.15) is 6.92 Å². The van der Waals surface area contributed by atoms with Crippen LogP contribution < -0.4 is 11.5 Å². The molecule has 0 rings (SSSR count). The molecule has 0 amide bonds. The largest absolute Gasteiger partial charge is 0.468 e. The first-order valence-corrected chi connectivity index (χ1v) is 2.62. The number of ether oxygens (including phenoxy) is 1.